The fraction of sp³-hybridized carbons (Fsp3) is 0.765. The Bertz CT molecular complexity index is 543. The van der Waals surface area contributed by atoms with Crippen molar-refractivity contribution in [3.05, 3.63) is 17.0 Å². The van der Waals surface area contributed by atoms with Crippen LogP contribution in [0.25, 0.3) is 0 Å². The van der Waals surface area contributed by atoms with E-state index in [-0.39, 0.29) is 5.91 Å². The molecule has 0 bridgehead atoms. The van der Waals surface area contributed by atoms with E-state index >= 15 is 0 Å². The lowest BCUT2D eigenvalue weighted by molar-refractivity contribution is 0.0594. The normalized spacial score (nSPS) is 20.0. The van der Waals surface area contributed by atoms with Crippen molar-refractivity contribution in [2.45, 2.75) is 51.5 Å². The van der Waals surface area contributed by atoms with Crippen LogP contribution in [0, 0.1) is 0 Å². The van der Waals surface area contributed by atoms with Crippen LogP contribution >= 0.6 is 0 Å². The largest absolute Gasteiger partial charge is 0.335 e. The van der Waals surface area contributed by atoms with E-state index in [1.165, 1.54) is 18.4 Å². The molecular formula is C17H28N4O. The third-order valence-electron chi connectivity index (χ3n) is 5.25. The quantitative estimate of drug-likeness (QED) is 0.856. The van der Waals surface area contributed by atoms with Gasteiger partial charge in [0.2, 0.25) is 0 Å². The molecule has 22 heavy (non-hydrogen) atoms. The molecular weight excluding hydrogens is 276 g/mol. The summed E-state index contributed by atoms with van der Waals surface area (Å²) in [6.45, 7) is 5.04. The molecule has 1 fully saturated rings. The molecule has 5 nitrogen and oxygen atoms in total. The number of likely N-dealkylation sites (tertiary alicyclic amines) is 1. The molecule has 1 aliphatic heterocycles. The van der Waals surface area contributed by atoms with Crippen molar-refractivity contribution in [1.82, 2.24) is 19.6 Å². The summed E-state index contributed by atoms with van der Waals surface area (Å²) in [4.78, 5) is 17.6. The molecule has 122 valence electrons. The molecule has 1 aromatic rings. The van der Waals surface area contributed by atoms with Crippen LogP contribution in [0.5, 0.6) is 0 Å². The molecule has 1 aromatic heterocycles. The second-order valence-electron chi connectivity index (χ2n) is 6.73. The third kappa shape index (κ3) is 2.78. The number of hydrogen-bond donors (Lipinski definition) is 0. The predicted octanol–water partition coefficient (Wildman–Crippen LogP) is 1.86. The highest BCUT2D eigenvalue weighted by atomic mass is 16.2. The zero-order valence-electron chi connectivity index (χ0n) is 14.1. The number of hydrogen-bond acceptors (Lipinski definition) is 3. The van der Waals surface area contributed by atoms with Crippen molar-refractivity contribution in [2.24, 2.45) is 7.05 Å². The summed E-state index contributed by atoms with van der Waals surface area (Å²) in [5.41, 5.74) is 3.21. The molecule has 1 aliphatic carbocycles. The molecule has 0 saturated carbocycles. The van der Waals surface area contributed by atoms with Gasteiger partial charge < -0.3 is 9.80 Å². The van der Waals surface area contributed by atoms with Crippen LogP contribution in [0.1, 0.15) is 54.4 Å². The summed E-state index contributed by atoms with van der Waals surface area (Å²) < 4.78 is 1.83. The van der Waals surface area contributed by atoms with Crippen LogP contribution < -0.4 is 0 Å². The Labute approximate surface area is 133 Å². The number of carbonyl (C=O) groups is 1. The SMILES string of the molecule is CCN(C(=O)c1c2c(nn1C)CCCC2)C1CCN(C)CC1. The first-order chi connectivity index (χ1) is 10.6. The molecule has 0 spiro atoms. The Kier molecular flexibility index (Phi) is 4.52. The standard InChI is InChI=1S/C17H28N4O/c1-4-21(13-9-11-19(2)12-10-13)17(22)16-14-7-5-6-8-15(14)18-20(16)3/h13H,4-12H2,1-3H3. The first-order valence-electron chi connectivity index (χ1n) is 8.66. The minimum atomic E-state index is 0.190. The zero-order valence-corrected chi connectivity index (χ0v) is 14.1. The summed E-state index contributed by atoms with van der Waals surface area (Å²) in [6.07, 6.45) is 6.57. The fourth-order valence-corrected chi connectivity index (χ4v) is 3.96. The van der Waals surface area contributed by atoms with Gasteiger partial charge in [0, 0.05) is 25.2 Å². The van der Waals surface area contributed by atoms with E-state index in [9.17, 15) is 4.79 Å². The third-order valence-corrected chi connectivity index (χ3v) is 5.25. The molecule has 5 heteroatoms. The molecule has 0 N–H and O–H groups in total. The summed E-state index contributed by atoms with van der Waals surface area (Å²) in [7, 11) is 4.08. The van der Waals surface area contributed by atoms with Crippen molar-refractivity contribution in [1.29, 1.82) is 0 Å². The molecule has 3 rings (SSSR count). The average molecular weight is 304 g/mol. The van der Waals surface area contributed by atoms with Gasteiger partial charge in [-0.15, -0.1) is 0 Å². The Morgan fingerprint density at radius 3 is 2.59 bits per heavy atom. The second kappa shape index (κ2) is 6.41. The van der Waals surface area contributed by atoms with Gasteiger partial charge >= 0.3 is 0 Å². The topological polar surface area (TPSA) is 41.4 Å². The maximum Gasteiger partial charge on any atom is 0.272 e. The number of rotatable bonds is 3. The Morgan fingerprint density at radius 2 is 1.91 bits per heavy atom. The summed E-state index contributed by atoms with van der Waals surface area (Å²) in [5, 5.41) is 4.61. The molecule has 0 radical (unpaired) electrons. The van der Waals surface area contributed by atoms with Crippen molar-refractivity contribution < 1.29 is 4.79 Å². The van der Waals surface area contributed by atoms with Crippen LogP contribution in [0.15, 0.2) is 0 Å². The van der Waals surface area contributed by atoms with Gasteiger partial charge in [0.25, 0.3) is 5.91 Å². The van der Waals surface area contributed by atoms with E-state index < -0.39 is 0 Å². The minimum Gasteiger partial charge on any atom is -0.335 e. The fourth-order valence-electron chi connectivity index (χ4n) is 3.96. The lowest BCUT2D eigenvalue weighted by Gasteiger charge is -2.37. The summed E-state index contributed by atoms with van der Waals surface area (Å²) >= 11 is 0. The predicted molar refractivity (Wildman–Crippen MR) is 87.1 cm³/mol. The van der Waals surface area contributed by atoms with Gasteiger partial charge in [-0.2, -0.15) is 5.10 Å². The lowest BCUT2D eigenvalue weighted by Crippen LogP contribution is -2.47. The maximum absolute atomic E-state index is 13.2. The number of fused-ring (bicyclic) bond motifs is 1. The van der Waals surface area contributed by atoms with E-state index in [0.717, 1.165) is 56.7 Å². The number of aromatic nitrogens is 2. The monoisotopic (exact) mass is 304 g/mol. The molecule has 2 aliphatic rings. The average Bonchev–Trinajstić information content (AvgIpc) is 2.85. The number of carbonyl (C=O) groups excluding carboxylic acids is 1. The molecule has 1 amide bonds. The van der Waals surface area contributed by atoms with E-state index in [1.54, 1.807) is 0 Å². The molecule has 0 atom stereocenters. The van der Waals surface area contributed by atoms with E-state index in [4.69, 9.17) is 0 Å². The van der Waals surface area contributed by atoms with Crippen LogP contribution in [-0.2, 0) is 19.9 Å². The van der Waals surface area contributed by atoms with Gasteiger partial charge in [0.05, 0.1) is 5.69 Å². The highest BCUT2D eigenvalue weighted by Crippen LogP contribution is 2.26. The number of aryl methyl sites for hydroxylation is 2. The molecule has 0 aromatic carbocycles. The van der Waals surface area contributed by atoms with E-state index in [1.807, 2.05) is 11.7 Å². The molecule has 1 saturated heterocycles. The second-order valence-corrected chi connectivity index (χ2v) is 6.73. The van der Waals surface area contributed by atoms with Gasteiger partial charge in [-0.3, -0.25) is 9.48 Å². The smallest absolute Gasteiger partial charge is 0.272 e. The van der Waals surface area contributed by atoms with Crippen LogP contribution in [-0.4, -0.2) is 58.2 Å². The highest BCUT2D eigenvalue weighted by molar-refractivity contribution is 5.94. The van der Waals surface area contributed by atoms with Gasteiger partial charge in [0.15, 0.2) is 0 Å². The van der Waals surface area contributed by atoms with Gasteiger partial charge in [-0.25, -0.2) is 0 Å². The first kappa shape index (κ1) is 15.5. The molecule has 0 unspecified atom stereocenters. The zero-order chi connectivity index (χ0) is 15.7. The van der Waals surface area contributed by atoms with E-state index in [2.05, 4.69) is 28.9 Å². The van der Waals surface area contributed by atoms with Crippen LogP contribution in [0.2, 0.25) is 0 Å². The molecule has 2 heterocycles. The van der Waals surface area contributed by atoms with E-state index in [0.29, 0.717) is 6.04 Å². The minimum absolute atomic E-state index is 0.190. The van der Waals surface area contributed by atoms with Crippen molar-refractivity contribution in [3.63, 3.8) is 0 Å². The Morgan fingerprint density at radius 1 is 1.23 bits per heavy atom. The lowest BCUT2D eigenvalue weighted by atomic mass is 9.95. The van der Waals surface area contributed by atoms with Crippen LogP contribution in [0.3, 0.4) is 0 Å². The van der Waals surface area contributed by atoms with Crippen molar-refractivity contribution in [3.8, 4) is 0 Å². The number of nitrogens with zero attached hydrogens (tertiary/aromatic N) is 4. The summed E-state index contributed by atoms with van der Waals surface area (Å²) in [5.74, 6) is 0.190. The number of piperidine rings is 1. The first-order valence-corrected chi connectivity index (χ1v) is 8.66. The van der Waals surface area contributed by atoms with Crippen molar-refractivity contribution >= 4 is 5.91 Å². The highest BCUT2D eigenvalue weighted by Gasteiger charge is 2.31. The van der Waals surface area contributed by atoms with Crippen molar-refractivity contribution in [2.75, 3.05) is 26.7 Å². The van der Waals surface area contributed by atoms with Crippen LogP contribution in [0.4, 0.5) is 0 Å². The maximum atomic E-state index is 13.2. The Hall–Kier alpha value is -1.36. The van der Waals surface area contributed by atoms with Gasteiger partial charge in [0.1, 0.15) is 5.69 Å². The Balaban J connectivity index is 1.84. The van der Waals surface area contributed by atoms with Gasteiger partial charge in [-0.1, -0.05) is 0 Å². The number of amides is 1. The van der Waals surface area contributed by atoms with Gasteiger partial charge in [-0.05, 0) is 65.6 Å². The summed E-state index contributed by atoms with van der Waals surface area (Å²) in [6, 6.07) is 0.378.